The van der Waals surface area contributed by atoms with Crippen LogP contribution in [0.2, 0.25) is 0 Å². The molecule has 0 aliphatic carbocycles. The van der Waals surface area contributed by atoms with Gasteiger partial charge in [-0.25, -0.2) is 4.79 Å². The van der Waals surface area contributed by atoms with Gasteiger partial charge in [0.05, 0.1) is 6.04 Å². The molecule has 25 heavy (non-hydrogen) atoms. The zero-order valence-corrected chi connectivity index (χ0v) is 15.2. The Morgan fingerprint density at radius 2 is 2.04 bits per heavy atom. The van der Waals surface area contributed by atoms with Crippen molar-refractivity contribution >= 4 is 22.9 Å². The lowest BCUT2D eigenvalue weighted by Crippen LogP contribution is -2.42. The number of amides is 2. The molecule has 1 saturated heterocycles. The molecule has 3 rings (SSSR count). The third-order valence-electron chi connectivity index (χ3n) is 4.48. The molecule has 2 aromatic rings. The lowest BCUT2D eigenvalue weighted by atomic mass is 10.1. The molecule has 0 unspecified atom stereocenters. The zero-order chi connectivity index (χ0) is 18.2. The molecule has 1 aliphatic heterocycles. The number of H-pyrrole nitrogens is 1. The van der Waals surface area contributed by atoms with E-state index in [-0.39, 0.29) is 18.0 Å². The summed E-state index contributed by atoms with van der Waals surface area (Å²) in [7, 11) is 1.73. The van der Waals surface area contributed by atoms with E-state index in [4.69, 9.17) is 4.74 Å². The summed E-state index contributed by atoms with van der Waals surface area (Å²) in [6.45, 7) is 6.70. The molecule has 2 amide bonds. The van der Waals surface area contributed by atoms with Crippen LogP contribution in [0.15, 0.2) is 30.5 Å². The predicted molar refractivity (Wildman–Crippen MR) is 96.6 cm³/mol. The van der Waals surface area contributed by atoms with Gasteiger partial charge in [0.1, 0.15) is 5.60 Å². The van der Waals surface area contributed by atoms with Gasteiger partial charge in [0.25, 0.3) is 5.91 Å². The van der Waals surface area contributed by atoms with Gasteiger partial charge in [-0.3, -0.25) is 4.79 Å². The second kappa shape index (κ2) is 6.43. The van der Waals surface area contributed by atoms with Crippen LogP contribution >= 0.6 is 0 Å². The van der Waals surface area contributed by atoms with Crippen molar-refractivity contribution in [3.05, 3.63) is 36.0 Å². The number of fused-ring (bicyclic) bond motifs is 1. The topological polar surface area (TPSA) is 65.6 Å². The van der Waals surface area contributed by atoms with E-state index in [1.807, 2.05) is 51.2 Å². The van der Waals surface area contributed by atoms with Crippen LogP contribution in [0.1, 0.15) is 37.6 Å². The first-order valence-electron chi connectivity index (χ1n) is 8.57. The van der Waals surface area contributed by atoms with E-state index < -0.39 is 5.60 Å². The van der Waals surface area contributed by atoms with Crippen LogP contribution in [-0.4, -0.2) is 58.6 Å². The Labute approximate surface area is 147 Å². The highest BCUT2D eigenvalue weighted by molar-refractivity contribution is 5.98. The highest BCUT2D eigenvalue weighted by Crippen LogP contribution is 2.21. The molecular weight excluding hydrogens is 318 g/mol. The number of hydrogen-bond donors (Lipinski definition) is 1. The Kier molecular flexibility index (Phi) is 4.45. The van der Waals surface area contributed by atoms with Crippen molar-refractivity contribution in [2.24, 2.45) is 0 Å². The molecule has 1 aliphatic rings. The van der Waals surface area contributed by atoms with Crippen LogP contribution in [0.5, 0.6) is 0 Å². The van der Waals surface area contributed by atoms with E-state index in [0.29, 0.717) is 18.7 Å². The number of nitrogens with one attached hydrogen (secondary N) is 1. The van der Waals surface area contributed by atoms with Gasteiger partial charge in [0.2, 0.25) is 0 Å². The molecule has 1 aromatic heterocycles. The van der Waals surface area contributed by atoms with Crippen LogP contribution < -0.4 is 0 Å². The molecule has 1 aromatic carbocycles. The van der Waals surface area contributed by atoms with Gasteiger partial charge in [-0.2, -0.15) is 0 Å². The molecule has 6 nitrogen and oxygen atoms in total. The maximum atomic E-state index is 12.8. The third kappa shape index (κ3) is 3.78. The number of benzene rings is 1. The number of likely N-dealkylation sites (tertiary alicyclic amines) is 1. The minimum absolute atomic E-state index is 0.00316. The van der Waals surface area contributed by atoms with E-state index >= 15 is 0 Å². The fourth-order valence-corrected chi connectivity index (χ4v) is 3.09. The van der Waals surface area contributed by atoms with E-state index in [9.17, 15) is 9.59 Å². The van der Waals surface area contributed by atoms with E-state index in [1.165, 1.54) is 0 Å². The molecule has 1 fully saturated rings. The van der Waals surface area contributed by atoms with Gasteiger partial charge >= 0.3 is 6.09 Å². The predicted octanol–water partition coefficient (Wildman–Crippen LogP) is 3.25. The Hall–Kier alpha value is -2.50. The summed E-state index contributed by atoms with van der Waals surface area (Å²) in [6.07, 6.45) is 2.27. The number of likely N-dealkylation sites (N-methyl/N-ethyl adjacent to an activating group) is 1. The standard InChI is InChI=1S/C19H25N3O3/c1-19(2,3)25-18(24)21(4)15-8-10-22(12-15)17(23)14-6-5-13-7-9-20-16(13)11-14/h5-7,9,11,15,20H,8,10,12H2,1-4H3/t15-/m1/s1. The summed E-state index contributed by atoms with van der Waals surface area (Å²) in [5.74, 6) is -0.00316. The second-order valence-corrected chi connectivity index (χ2v) is 7.56. The highest BCUT2D eigenvalue weighted by Gasteiger charge is 2.33. The largest absolute Gasteiger partial charge is 0.444 e. The first-order chi connectivity index (χ1) is 11.7. The van der Waals surface area contributed by atoms with Crippen molar-refractivity contribution in [2.45, 2.75) is 38.8 Å². The monoisotopic (exact) mass is 343 g/mol. The van der Waals surface area contributed by atoms with Crippen LogP contribution in [0.3, 0.4) is 0 Å². The normalized spacial score (nSPS) is 17.8. The number of carbonyl (C=O) groups is 2. The zero-order valence-electron chi connectivity index (χ0n) is 15.2. The molecule has 0 saturated carbocycles. The minimum atomic E-state index is -0.523. The molecule has 1 N–H and O–H groups in total. The first kappa shape index (κ1) is 17.3. The van der Waals surface area contributed by atoms with Crippen LogP contribution in [-0.2, 0) is 4.74 Å². The number of aromatic amines is 1. The summed E-state index contributed by atoms with van der Waals surface area (Å²) in [4.78, 5) is 31.5. The van der Waals surface area contributed by atoms with Gasteiger partial charge in [0.15, 0.2) is 0 Å². The fourth-order valence-electron chi connectivity index (χ4n) is 3.09. The average molecular weight is 343 g/mol. The van der Waals surface area contributed by atoms with E-state index in [1.54, 1.807) is 16.8 Å². The molecule has 0 spiro atoms. The summed E-state index contributed by atoms with van der Waals surface area (Å²) < 4.78 is 5.41. The van der Waals surface area contributed by atoms with Crippen molar-refractivity contribution in [3.63, 3.8) is 0 Å². The quantitative estimate of drug-likeness (QED) is 0.910. The number of hydrogen-bond acceptors (Lipinski definition) is 3. The number of rotatable bonds is 2. The summed E-state index contributed by atoms with van der Waals surface area (Å²) in [5.41, 5.74) is 1.09. The SMILES string of the molecule is CN(C(=O)OC(C)(C)C)[C@@H]1CCN(C(=O)c2ccc3cc[nH]c3c2)C1. The summed E-state index contributed by atoms with van der Waals surface area (Å²) >= 11 is 0. The molecule has 6 heteroatoms. The minimum Gasteiger partial charge on any atom is -0.444 e. The Morgan fingerprint density at radius 1 is 1.28 bits per heavy atom. The number of ether oxygens (including phenoxy) is 1. The average Bonchev–Trinajstić information content (AvgIpc) is 3.20. The summed E-state index contributed by atoms with van der Waals surface area (Å²) in [5, 5.41) is 1.08. The van der Waals surface area contributed by atoms with Crippen LogP contribution in [0.4, 0.5) is 4.79 Å². The van der Waals surface area contributed by atoms with Crippen molar-refractivity contribution in [2.75, 3.05) is 20.1 Å². The molecule has 134 valence electrons. The smallest absolute Gasteiger partial charge is 0.410 e. The lowest BCUT2D eigenvalue weighted by Gasteiger charge is -2.28. The molecule has 2 heterocycles. The Morgan fingerprint density at radius 3 is 2.76 bits per heavy atom. The van der Waals surface area contributed by atoms with Crippen LogP contribution in [0.25, 0.3) is 10.9 Å². The number of aromatic nitrogens is 1. The van der Waals surface area contributed by atoms with Crippen molar-refractivity contribution in [1.29, 1.82) is 0 Å². The van der Waals surface area contributed by atoms with Gasteiger partial charge in [-0.05, 0) is 50.8 Å². The van der Waals surface area contributed by atoms with Crippen LogP contribution in [0, 0.1) is 0 Å². The van der Waals surface area contributed by atoms with Crippen molar-refractivity contribution in [3.8, 4) is 0 Å². The maximum absolute atomic E-state index is 12.8. The van der Waals surface area contributed by atoms with Gasteiger partial charge in [-0.15, -0.1) is 0 Å². The maximum Gasteiger partial charge on any atom is 0.410 e. The molecular formula is C19H25N3O3. The van der Waals surface area contributed by atoms with Crippen molar-refractivity contribution < 1.29 is 14.3 Å². The van der Waals surface area contributed by atoms with E-state index in [2.05, 4.69) is 4.98 Å². The molecule has 0 bridgehead atoms. The third-order valence-corrected chi connectivity index (χ3v) is 4.48. The van der Waals surface area contributed by atoms with Gasteiger partial charge in [0, 0.05) is 37.4 Å². The summed E-state index contributed by atoms with van der Waals surface area (Å²) in [6, 6.07) is 7.63. The van der Waals surface area contributed by atoms with Gasteiger partial charge in [-0.1, -0.05) is 6.07 Å². The second-order valence-electron chi connectivity index (χ2n) is 7.56. The van der Waals surface area contributed by atoms with Crippen molar-refractivity contribution in [1.82, 2.24) is 14.8 Å². The lowest BCUT2D eigenvalue weighted by molar-refractivity contribution is 0.0226. The van der Waals surface area contributed by atoms with E-state index in [0.717, 1.165) is 17.3 Å². The Bertz CT molecular complexity index is 791. The molecule has 0 radical (unpaired) electrons. The van der Waals surface area contributed by atoms with Gasteiger partial charge < -0.3 is 19.5 Å². The molecule has 1 atom stereocenters. The Balaban J connectivity index is 1.65. The number of carbonyl (C=O) groups excluding carboxylic acids is 2. The number of nitrogens with zero attached hydrogens (tertiary/aromatic N) is 2. The first-order valence-corrected chi connectivity index (χ1v) is 8.57. The highest BCUT2D eigenvalue weighted by atomic mass is 16.6. The fraction of sp³-hybridized carbons (Fsp3) is 0.474.